The molecular formula is C53H70O8. The number of ether oxygens (including phenoxy) is 5. The number of hydrogen-bond donors (Lipinski definition) is 1. The topological polar surface area (TPSA) is 101 Å². The maximum Gasteiger partial charge on any atom is 0.343 e. The van der Waals surface area contributed by atoms with Gasteiger partial charge in [-0.2, -0.15) is 0 Å². The van der Waals surface area contributed by atoms with Gasteiger partial charge in [0.15, 0.2) is 13.2 Å². The lowest BCUT2D eigenvalue weighted by Gasteiger charge is -2.28. The van der Waals surface area contributed by atoms with Crippen molar-refractivity contribution in [1.29, 1.82) is 0 Å². The molecular weight excluding hydrogens is 765 g/mol. The van der Waals surface area contributed by atoms with Gasteiger partial charge in [0.1, 0.15) is 23.0 Å². The van der Waals surface area contributed by atoms with E-state index in [1.54, 1.807) is 0 Å². The highest BCUT2D eigenvalue weighted by Crippen LogP contribution is 2.44. The number of aromatic hydroxyl groups is 1. The van der Waals surface area contributed by atoms with Gasteiger partial charge in [0.2, 0.25) is 0 Å². The predicted octanol–water partition coefficient (Wildman–Crippen LogP) is 11.2. The minimum atomic E-state index is -0.483. The monoisotopic (exact) mass is 835 g/mol. The Kier molecular flexibility index (Phi) is 14.0. The Labute approximate surface area is 365 Å². The van der Waals surface area contributed by atoms with E-state index in [1.807, 2.05) is 0 Å². The van der Waals surface area contributed by atoms with Crippen molar-refractivity contribution in [1.82, 2.24) is 0 Å². The van der Waals surface area contributed by atoms with Crippen LogP contribution in [0.25, 0.3) is 0 Å². The second-order valence-corrected chi connectivity index (χ2v) is 20.8. The minimum Gasteiger partial charge on any atom is -0.507 e. The molecule has 330 valence electrons. The summed E-state index contributed by atoms with van der Waals surface area (Å²) in [6.07, 6.45) is 2.37. The van der Waals surface area contributed by atoms with Crippen LogP contribution in [0.1, 0.15) is 163 Å². The van der Waals surface area contributed by atoms with E-state index in [0.29, 0.717) is 43.8 Å². The largest absolute Gasteiger partial charge is 0.507 e. The molecule has 1 N–H and O–H groups in total. The molecule has 0 atom stereocenters. The number of carbonyl (C=O) groups excluding carboxylic acids is 2. The molecule has 0 saturated carbocycles. The van der Waals surface area contributed by atoms with E-state index in [9.17, 15) is 14.7 Å². The van der Waals surface area contributed by atoms with Gasteiger partial charge in [0.05, 0.1) is 20.8 Å². The van der Waals surface area contributed by atoms with Crippen LogP contribution in [-0.2, 0) is 66.4 Å². The van der Waals surface area contributed by atoms with E-state index in [4.69, 9.17) is 23.7 Å². The number of carbonyl (C=O) groups is 2. The second-order valence-electron chi connectivity index (χ2n) is 20.8. The number of fused-ring (bicyclic) bond motifs is 8. The molecule has 8 nitrogen and oxygen atoms in total. The number of esters is 2. The molecule has 5 rings (SSSR count). The van der Waals surface area contributed by atoms with Crippen molar-refractivity contribution >= 4 is 11.9 Å². The van der Waals surface area contributed by atoms with Crippen LogP contribution in [0.3, 0.4) is 0 Å². The summed E-state index contributed by atoms with van der Waals surface area (Å²) in [4.78, 5) is 25.5. The Bertz CT molecular complexity index is 2120. The number of phenolic OH excluding ortho intramolecular Hbond substituents is 1. The summed E-state index contributed by atoms with van der Waals surface area (Å²) in [5.41, 5.74) is 10.5. The number of phenols is 1. The average Bonchev–Trinajstić information content (AvgIpc) is 3.15. The minimum absolute atomic E-state index is 0.179. The van der Waals surface area contributed by atoms with Crippen LogP contribution in [0.15, 0.2) is 48.5 Å². The standard InChI is InChI=1S/C53H70O8/c1-16-17-59-47-36-20-38-28-41(51(5,6)7)24-34(48(38)60-30-44(54)57-14)18-32-22-40(50(2,3)4)23-33(46(32)56)19-35-25-42(52(8,9)10)29-39(49(35)61-31-45(55)58-15)21-37(47)27-43(26-36)53(11,12)13/h22-29,56H,16-21,30-31H2,1-15H3. The van der Waals surface area contributed by atoms with Crippen LogP contribution in [0.5, 0.6) is 23.0 Å². The van der Waals surface area contributed by atoms with E-state index in [-0.39, 0.29) is 40.6 Å². The Morgan fingerprint density at radius 1 is 0.459 bits per heavy atom. The molecule has 0 amide bonds. The van der Waals surface area contributed by atoms with Crippen molar-refractivity contribution in [2.45, 2.75) is 144 Å². The lowest BCUT2D eigenvalue weighted by molar-refractivity contribution is -0.143. The third-order valence-corrected chi connectivity index (χ3v) is 11.6. The van der Waals surface area contributed by atoms with Gasteiger partial charge < -0.3 is 28.8 Å². The first-order valence-electron chi connectivity index (χ1n) is 21.7. The summed E-state index contributed by atoms with van der Waals surface area (Å²) in [5, 5.41) is 12.4. The normalized spacial score (nSPS) is 13.4. The van der Waals surface area contributed by atoms with Gasteiger partial charge in [-0.1, -0.05) is 139 Å². The van der Waals surface area contributed by atoms with Crippen molar-refractivity contribution in [2.24, 2.45) is 0 Å². The Balaban J connectivity index is 1.99. The van der Waals surface area contributed by atoms with Gasteiger partial charge in [-0.15, -0.1) is 0 Å². The molecule has 0 fully saturated rings. The predicted molar refractivity (Wildman–Crippen MR) is 244 cm³/mol. The molecule has 0 unspecified atom stereocenters. The van der Waals surface area contributed by atoms with Gasteiger partial charge >= 0.3 is 11.9 Å². The first-order chi connectivity index (χ1) is 28.3. The van der Waals surface area contributed by atoms with Crippen molar-refractivity contribution in [3.8, 4) is 23.0 Å². The Morgan fingerprint density at radius 3 is 0.951 bits per heavy atom. The van der Waals surface area contributed by atoms with Gasteiger partial charge in [-0.3, -0.25) is 0 Å². The van der Waals surface area contributed by atoms with Gasteiger partial charge in [0, 0.05) is 25.7 Å². The number of benzene rings is 4. The van der Waals surface area contributed by atoms with E-state index < -0.39 is 11.9 Å². The summed E-state index contributed by atoms with van der Waals surface area (Å²) >= 11 is 0. The zero-order valence-electron chi connectivity index (χ0n) is 39.6. The fourth-order valence-electron chi connectivity index (χ4n) is 7.77. The van der Waals surface area contributed by atoms with Crippen LogP contribution in [0.4, 0.5) is 0 Å². The summed E-state index contributed by atoms with van der Waals surface area (Å²) < 4.78 is 30.0. The van der Waals surface area contributed by atoms with E-state index in [2.05, 4.69) is 139 Å². The van der Waals surface area contributed by atoms with Gasteiger partial charge in [-0.05, 0) is 94.8 Å². The summed E-state index contributed by atoms with van der Waals surface area (Å²) in [6.45, 7) is 28.4. The molecule has 4 aromatic carbocycles. The van der Waals surface area contributed by atoms with Crippen molar-refractivity contribution in [3.05, 3.63) is 115 Å². The first kappa shape index (κ1) is 47.1. The molecule has 0 radical (unpaired) electrons. The molecule has 1 aliphatic carbocycles. The highest BCUT2D eigenvalue weighted by molar-refractivity contribution is 5.72. The van der Waals surface area contributed by atoms with Crippen molar-refractivity contribution in [2.75, 3.05) is 34.0 Å². The molecule has 0 aliphatic heterocycles. The summed E-state index contributed by atoms with van der Waals surface area (Å²) in [6, 6.07) is 17.4. The molecule has 0 spiro atoms. The van der Waals surface area contributed by atoms with Crippen molar-refractivity contribution in [3.63, 3.8) is 0 Å². The highest BCUT2D eigenvalue weighted by Gasteiger charge is 2.29. The molecule has 61 heavy (non-hydrogen) atoms. The third-order valence-electron chi connectivity index (χ3n) is 11.6. The van der Waals surface area contributed by atoms with Crippen LogP contribution in [-0.4, -0.2) is 51.1 Å². The average molecular weight is 835 g/mol. The van der Waals surface area contributed by atoms with Crippen LogP contribution in [0.2, 0.25) is 0 Å². The molecule has 0 saturated heterocycles. The van der Waals surface area contributed by atoms with Crippen LogP contribution >= 0.6 is 0 Å². The van der Waals surface area contributed by atoms with Gasteiger partial charge in [-0.25, -0.2) is 9.59 Å². The van der Waals surface area contributed by atoms with E-state index >= 15 is 0 Å². The molecule has 4 aromatic rings. The lowest BCUT2D eigenvalue weighted by atomic mass is 9.79. The number of rotatable bonds is 9. The smallest absolute Gasteiger partial charge is 0.343 e. The zero-order valence-corrected chi connectivity index (χ0v) is 39.6. The van der Waals surface area contributed by atoms with E-state index in [1.165, 1.54) is 14.2 Å². The Morgan fingerprint density at radius 2 is 0.705 bits per heavy atom. The summed E-state index contributed by atoms with van der Waals surface area (Å²) in [5.74, 6) is 1.19. The number of hydrogen-bond acceptors (Lipinski definition) is 8. The maximum atomic E-state index is 12.7. The van der Waals surface area contributed by atoms with Crippen molar-refractivity contribution < 1.29 is 38.4 Å². The quantitative estimate of drug-likeness (QED) is 0.147. The molecule has 8 heteroatoms. The molecule has 0 aromatic heterocycles. The highest BCUT2D eigenvalue weighted by atomic mass is 16.6. The van der Waals surface area contributed by atoms with Crippen LogP contribution < -0.4 is 14.2 Å². The SMILES string of the molecule is CCCOc1c2cc(C(C)(C)C)cc1Cc1cc(C(C)(C)C)cc(c1OCC(=O)OC)Cc1cc(C(C)(C)C)cc(c1O)Cc1cc(C(C)(C)C)cc(c1OCC(=O)OC)C2. The lowest BCUT2D eigenvalue weighted by Crippen LogP contribution is -2.19. The molecule has 8 bridgehead atoms. The van der Waals surface area contributed by atoms with Gasteiger partial charge in [0.25, 0.3) is 0 Å². The third kappa shape index (κ3) is 11.3. The first-order valence-corrected chi connectivity index (χ1v) is 21.7. The fraction of sp³-hybridized carbons (Fsp3) is 0.509. The fourth-order valence-corrected chi connectivity index (χ4v) is 7.77. The number of methoxy groups -OCH3 is 2. The van der Waals surface area contributed by atoms with E-state index in [0.717, 1.165) is 78.9 Å². The second kappa shape index (κ2) is 18.2. The summed E-state index contributed by atoms with van der Waals surface area (Å²) in [7, 11) is 2.72. The Hall–Kier alpha value is -4.98. The maximum absolute atomic E-state index is 12.7. The zero-order chi connectivity index (χ0) is 45.2. The molecule has 0 heterocycles. The van der Waals surface area contributed by atoms with Crippen LogP contribution in [0, 0.1) is 0 Å². The molecule has 1 aliphatic rings.